The Labute approximate surface area is 109 Å². The Bertz CT molecular complexity index is 528. The largest absolute Gasteiger partial charge is 0.367 e. The highest BCUT2D eigenvalue weighted by Gasteiger charge is 2.06. The second-order valence-electron chi connectivity index (χ2n) is 3.67. The topological polar surface area (TPSA) is 62.7 Å². The molecule has 7 heteroatoms. The molecule has 0 saturated carbocycles. The van der Waals surface area contributed by atoms with Crippen LogP contribution >= 0.6 is 11.3 Å². The summed E-state index contributed by atoms with van der Waals surface area (Å²) in [6.07, 6.45) is 1.89. The molecule has 2 rings (SSSR count). The van der Waals surface area contributed by atoms with E-state index in [1.165, 1.54) is 0 Å². The van der Waals surface area contributed by atoms with Crippen molar-refractivity contribution >= 4 is 23.1 Å². The summed E-state index contributed by atoms with van der Waals surface area (Å²) in [6, 6.07) is 0. The standard InChI is InChI=1S/C11H14FN5S/c1-7-16-8(6-18-7)3-4-14-10-9(12)5-15-11(13-2)17-10/h5-6H,3-4H2,1-2H3,(H2,13,14,15,17). The lowest BCUT2D eigenvalue weighted by molar-refractivity contribution is 0.617. The Kier molecular flexibility index (Phi) is 4.03. The van der Waals surface area contributed by atoms with Gasteiger partial charge in [0.25, 0.3) is 0 Å². The lowest BCUT2D eigenvalue weighted by Crippen LogP contribution is -2.10. The first-order chi connectivity index (χ1) is 8.69. The molecule has 18 heavy (non-hydrogen) atoms. The van der Waals surface area contributed by atoms with Gasteiger partial charge in [0.15, 0.2) is 11.6 Å². The quantitative estimate of drug-likeness (QED) is 0.868. The highest BCUT2D eigenvalue weighted by Crippen LogP contribution is 2.12. The van der Waals surface area contributed by atoms with Crippen LogP contribution in [0, 0.1) is 12.7 Å². The second kappa shape index (κ2) is 5.72. The first-order valence-corrected chi connectivity index (χ1v) is 6.42. The van der Waals surface area contributed by atoms with Gasteiger partial charge in [0, 0.05) is 25.4 Å². The SMILES string of the molecule is CNc1ncc(F)c(NCCc2csc(C)n2)n1. The van der Waals surface area contributed by atoms with Gasteiger partial charge in [-0.05, 0) is 6.92 Å². The minimum absolute atomic E-state index is 0.210. The second-order valence-corrected chi connectivity index (χ2v) is 4.74. The molecule has 0 bridgehead atoms. The molecule has 2 N–H and O–H groups in total. The third-order valence-electron chi connectivity index (χ3n) is 2.31. The molecular formula is C11H14FN5S. The highest BCUT2D eigenvalue weighted by molar-refractivity contribution is 7.09. The van der Waals surface area contributed by atoms with Crippen LogP contribution in [0.3, 0.4) is 0 Å². The number of hydrogen-bond donors (Lipinski definition) is 2. The van der Waals surface area contributed by atoms with Crippen LogP contribution in [0.2, 0.25) is 0 Å². The fraction of sp³-hybridized carbons (Fsp3) is 0.364. The molecule has 96 valence electrons. The molecule has 2 aromatic rings. The first kappa shape index (κ1) is 12.7. The Balaban J connectivity index is 1.93. The zero-order chi connectivity index (χ0) is 13.0. The Morgan fingerprint density at radius 1 is 1.39 bits per heavy atom. The van der Waals surface area contributed by atoms with Crippen LogP contribution < -0.4 is 10.6 Å². The predicted octanol–water partition coefficient (Wildman–Crippen LogP) is 2.08. The molecule has 5 nitrogen and oxygen atoms in total. The van der Waals surface area contributed by atoms with Crippen LogP contribution in [0.4, 0.5) is 16.2 Å². The van der Waals surface area contributed by atoms with Crippen LogP contribution in [-0.2, 0) is 6.42 Å². The maximum absolute atomic E-state index is 13.4. The average molecular weight is 267 g/mol. The van der Waals surface area contributed by atoms with Crippen molar-refractivity contribution < 1.29 is 4.39 Å². The summed E-state index contributed by atoms with van der Waals surface area (Å²) in [5.74, 6) is 0.146. The lowest BCUT2D eigenvalue weighted by atomic mass is 10.3. The minimum Gasteiger partial charge on any atom is -0.367 e. The number of hydrogen-bond acceptors (Lipinski definition) is 6. The van der Waals surface area contributed by atoms with E-state index in [4.69, 9.17) is 0 Å². The summed E-state index contributed by atoms with van der Waals surface area (Å²) >= 11 is 1.61. The van der Waals surface area contributed by atoms with Gasteiger partial charge in [-0.15, -0.1) is 11.3 Å². The van der Waals surface area contributed by atoms with Gasteiger partial charge in [0.05, 0.1) is 16.9 Å². The summed E-state index contributed by atoms with van der Waals surface area (Å²) < 4.78 is 13.4. The summed E-state index contributed by atoms with van der Waals surface area (Å²) in [6.45, 7) is 2.55. The fourth-order valence-electron chi connectivity index (χ4n) is 1.44. The summed E-state index contributed by atoms with van der Waals surface area (Å²) in [7, 11) is 1.69. The molecule has 0 atom stereocenters. The Hall–Kier alpha value is -1.76. The van der Waals surface area contributed by atoms with Gasteiger partial charge >= 0.3 is 0 Å². The molecule has 0 aliphatic heterocycles. The van der Waals surface area contributed by atoms with Gasteiger partial charge < -0.3 is 10.6 Å². The molecule has 0 amide bonds. The molecule has 0 unspecified atom stereocenters. The van der Waals surface area contributed by atoms with Gasteiger partial charge in [-0.2, -0.15) is 4.98 Å². The highest BCUT2D eigenvalue weighted by atomic mass is 32.1. The van der Waals surface area contributed by atoms with E-state index >= 15 is 0 Å². The first-order valence-electron chi connectivity index (χ1n) is 5.54. The normalized spacial score (nSPS) is 10.4. The third kappa shape index (κ3) is 3.13. The number of rotatable bonds is 5. The number of aryl methyl sites for hydroxylation is 1. The number of halogens is 1. The van der Waals surface area contributed by atoms with Crippen molar-refractivity contribution in [3.05, 3.63) is 28.1 Å². The van der Waals surface area contributed by atoms with Crippen molar-refractivity contribution in [2.24, 2.45) is 0 Å². The van der Waals surface area contributed by atoms with Gasteiger partial charge in [-0.1, -0.05) is 0 Å². The number of nitrogens with one attached hydrogen (secondary N) is 2. The molecule has 0 saturated heterocycles. The van der Waals surface area contributed by atoms with Gasteiger partial charge in [-0.3, -0.25) is 0 Å². The molecular weight excluding hydrogens is 253 g/mol. The van der Waals surface area contributed by atoms with E-state index in [0.717, 1.165) is 23.3 Å². The van der Waals surface area contributed by atoms with E-state index in [1.54, 1.807) is 18.4 Å². The maximum atomic E-state index is 13.4. The van der Waals surface area contributed by atoms with Crippen molar-refractivity contribution in [3.63, 3.8) is 0 Å². The van der Waals surface area contributed by atoms with Crippen molar-refractivity contribution in [1.29, 1.82) is 0 Å². The van der Waals surface area contributed by atoms with Crippen molar-refractivity contribution in [1.82, 2.24) is 15.0 Å². The van der Waals surface area contributed by atoms with E-state index < -0.39 is 5.82 Å². The molecule has 0 radical (unpaired) electrons. The molecule has 0 aromatic carbocycles. The average Bonchev–Trinajstić information content (AvgIpc) is 2.77. The van der Waals surface area contributed by atoms with Crippen LogP contribution in [-0.4, -0.2) is 28.5 Å². The van der Waals surface area contributed by atoms with Crippen LogP contribution in [0.5, 0.6) is 0 Å². The molecule has 0 aliphatic rings. The minimum atomic E-state index is -0.455. The third-order valence-corrected chi connectivity index (χ3v) is 3.13. The Morgan fingerprint density at radius 2 is 2.22 bits per heavy atom. The summed E-state index contributed by atoms with van der Waals surface area (Å²) in [5.41, 5.74) is 1.01. The molecule has 2 heterocycles. The molecule has 0 spiro atoms. The van der Waals surface area contributed by atoms with Crippen molar-refractivity contribution in [2.45, 2.75) is 13.3 Å². The summed E-state index contributed by atoms with van der Waals surface area (Å²) in [5, 5.41) is 8.75. The van der Waals surface area contributed by atoms with E-state index in [9.17, 15) is 4.39 Å². The van der Waals surface area contributed by atoms with Crippen LogP contribution in [0.1, 0.15) is 10.7 Å². The van der Waals surface area contributed by atoms with Gasteiger partial charge in [0.2, 0.25) is 5.95 Å². The number of anilines is 2. The van der Waals surface area contributed by atoms with Crippen LogP contribution in [0.15, 0.2) is 11.6 Å². The van der Waals surface area contributed by atoms with Crippen molar-refractivity contribution in [3.8, 4) is 0 Å². The van der Waals surface area contributed by atoms with Crippen LogP contribution in [0.25, 0.3) is 0 Å². The molecule has 0 fully saturated rings. The van der Waals surface area contributed by atoms with E-state index in [0.29, 0.717) is 12.5 Å². The molecule has 0 aliphatic carbocycles. The number of thiazole rings is 1. The zero-order valence-corrected chi connectivity index (χ0v) is 11.0. The fourth-order valence-corrected chi connectivity index (χ4v) is 2.09. The van der Waals surface area contributed by atoms with Gasteiger partial charge in [-0.25, -0.2) is 14.4 Å². The summed E-state index contributed by atoms with van der Waals surface area (Å²) in [4.78, 5) is 12.1. The molecule has 2 aromatic heterocycles. The monoisotopic (exact) mass is 267 g/mol. The number of nitrogens with zero attached hydrogens (tertiary/aromatic N) is 3. The lowest BCUT2D eigenvalue weighted by Gasteiger charge is -2.06. The Morgan fingerprint density at radius 3 is 2.89 bits per heavy atom. The smallest absolute Gasteiger partial charge is 0.224 e. The van der Waals surface area contributed by atoms with Gasteiger partial charge in [0.1, 0.15) is 0 Å². The van der Waals surface area contributed by atoms with E-state index in [1.807, 2.05) is 12.3 Å². The van der Waals surface area contributed by atoms with E-state index in [-0.39, 0.29) is 5.82 Å². The zero-order valence-electron chi connectivity index (χ0n) is 10.2. The number of aromatic nitrogens is 3. The van der Waals surface area contributed by atoms with E-state index in [2.05, 4.69) is 25.6 Å². The van der Waals surface area contributed by atoms with Crippen molar-refractivity contribution in [2.75, 3.05) is 24.2 Å². The maximum Gasteiger partial charge on any atom is 0.224 e. The predicted molar refractivity (Wildman–Crippen MR) is 70.6 cm³/mol.